The Hall–Kier alpha value is -2.41. The quantitative estimate of drug-likeness (QED) is 0.463. The van der Waals surface area contributed by atoms with E-state index in [1.165, 1.54) is 22.8 Å². The van der Waals surface area contributed by atoms with Crippen molar-refractivity contribution in [2.45, 2.75) is 26.7 Å². The number of aryl methyl sites for hydroxylation is 2. The lowest BCUT2D eigenvalue weighted by atomic mass is 9.95. The van der Waals surface area contributed by atoms with Crippen molar-refractivity contribution in [3.63, 3.8) is 0 Å². The minimum absolute atomic E-state index is 0.474. The van der Waals surface area contributed by atoms with E-state index in [0.29, 0.717) is 0 Å². The highest BCUT2D eigenvalue weighted by Crippen LogP contribution is 2.24. The minimum Gasteiger partial charge on any atom is -0.208 e. The van der Waals surface area contributed by atoms with Crippen LogP contribution in [0, 0.1) is 13.8 Å². The topological polar surface area (TPSA) is 0 Å². The Morgan fingerprint density at radius 2 is 1.78 bits per heavy atom. The first-order valence-corrected chi connectivity index (χ1v) is 7.64. The number of halogens is 1. The second kappa shape index (κ2) is 8.89. The zero-order valence-electron chi connectivity index (χ0n) is 14.2. The molecule has 0 atom stereocenters. The summed E-state index contributed by atoms with van der Waals surface area (Å²) in [6.07, 6.45) is 8.05. The summed E-state index contributed by atoms with van der Waals surface area (Å²) < 4.78 is 12.6. The standard InChI is InChI=1S/C22H25F/c1-7-21(10-8-9-20(6)23)17(3)11-12-18(4)22-14-13-16(2)19(5)15-22/h7-10,13-15H,1,3-4,6,11-12H2,2,5H3/b9-8-,21-10+. The van der Waals surface area contributed by atoms with Crippen molar-refractivity contribution < 1.29 is 4.39 Å². The van der Waals surface area contributed by atoms with Crippen LogP contribution in [0.15, 0.2) is 85.8 Å². The maximum atomic E-state index is 12.6. The van der Waals surface area contributed by atoms with Gasteiger partial charge in [0.25, 0.3) is 0 Å². The number of hydrogen-bond donors (Lipinski definition) is 0. The molecule has 0 saturated carbocycles. The van der Waals surface area contributed by atoms with Gasteiger partial charge in [-0.2, -0.15) is 0 Å². The van der Waals surface area contributed by atoms with Gasteiger partial charge in [0.2, 0.25) is 0 Å². The first-order valence-electron chi connectivity index (χ1n) is 7.64. The summed E-state index contributed by atoms with van der Waals surface area (Å²) in [6, 6.07) is 6.39. The molecule has 0 aliphatic rings. The molecular formula is C22H25F. The molecule has 0 nitrogen and oxygen atoms in total. The Bertz CT molecular complexity index is 684. The lowest BCUT2D eigenvalue weighted by molar-refractivity contribution is 0.671. The van der Waals surface area contributed by atoms with Crippen LogP contribution in [0.2, 0.25) is 0 Å². The molecule has 1 rings (SSSR count). The molecular weight excluding hydrogens is 283 g/mol. The van der Waals surface area contributed by atoms with Crippen LogP contribution in [0.3, 0.4) is 0 Å². The Kier molecular flexibility index (Phi) is 7.21. The zero-order valence-corrected chi connectivity index (χ0v) is 14.2. The van der Waals surface area contributed by atoms with Gasteiger partial charge in [-0.3, -0.25) is 0 Å². The normalized spacial score (nSPS) is 11.5. The summed E-state index contributed by atoms with van der Waals surface area (Å²) in [7, 11) is 0. The molecule has 0 aromatic heterocycles. The summed E-state index contributed by atoms with van der Waals surface area (Å²) in [6.45, 7) is 19.4. The molecule has 0 unspecified atom stereocenters. The molecule has 1 aromatic rings. The van der Waals surface area contributed by atoms with Gasteiger partial charge in [0.05, 0.1) is 0 Å². The maximum absolute atomic E-state index is 12.6. The smallest absolute Gasteiger partial charge is 0.116 e. The van der Waals surface area contributed by atoms with Crippen molar-refractivity contribution >= 4 is 5.57 Å². The monoisotopic (exact) mass is 308 g/mol. The van der Waals surface area contributed by atoms with Gasteiger partial charge in [-0.1, -0.05) is 62.7 Å². The fourth-order valence-electron chi connectivity index (χ4n) is 2.14. The van der Waals surface area contributed by atoms with Crippen LogP contribution in [0.5, 0.6) is 0 Å². The van der Waals surface area contributed by atoms with Gasteiger partial charge in [-0.15, -0.1) is 0 Å². The van der Waals surface area contributed by atoms with Crippen molar-refractivity contribution in [2.75, 3.05) is 0 Å². The van der Waals surface area contributed by atoms with Crippen LogP contribution in [0.25, 0.3) is 5.57 Å². The molecule has 0 fully saturated rings. The fourth-order valence-corrected chi connectivity index (χ4v) is 2.14. The molecule has 0 aliphatic heterocycles. The molecule has 0 heterocycles. The predicted molar refractivity (Wildman–Crippen MR) is 101 cm³/mol. The van der Waals surface area contributed by atoms with Gasteiger partial charge in [0.15, 0.2) is 0 Å². The van der Waals surface area contributed by atoms with Gasteiger partial charge in [0, 0.05) is 0 Å². The average molecular weight is 308 g/mol. The third-order valence-electron chi connectivity index (χ3n) is 3.82. The average Bonchev–Trinajstić information content (AvgIpc) is 2.51. The van der Waals surface area contributed by atoms with Crippen molar-refractivity contribution in [1.82, 2.24) is 0 Å². The van der Waals surface area contributed by atoms with E-state index in [0.717, 1.165) is 29.6 Å². The van der Waals surface area contributed by atoms with Crippen LogP contribution in [0.4, 0.5) is 4.39 Å². The highest BCUT2D eigenvalue weighted by molar-refractivity contribution is 5.65. The highest BCUT2D eigenvalue weighted by Gasteiger charge is 2.04. The SMILES string of the molecule is C=C/C(=C\C=C/C(=C)F)C(=C)CCC(=C)c1ccc(C)c(C)c1. The molecule has 0 radical (unpaired) electrons. The van der Waals surface area contributed by atoms with E-state index < -0.39 is 5.83 Å². The Labute approximate surface area is 139 Å². The van der Waals surface area contributed by atoms with Crippen molar-refractivity contribution in [1.29, 1.82) is 0 Å². The van der Waals surface area contributed by atoms with Crippen LogP contribution in [0.1, 0.15) is 29.5 Å². The van der Waals surface area contributed by atoms with Crippen LogP contribution >= 0.6 is 0 Å². The molecule has 0 saturated heterocycles. The summed E-state index contributed by atoms with van der Waals surface area (Å²) in [5.41, 5.74) is 6.66. The van der Waals surface area contributed by atoms with E-state index in [-0.39, 0.29) is 0 Å². The zero-order chi connectivity index (χ0) is 17.4. The molecule has 0 N–H and O–H groups in total. The number of hydrogen-bond acceptors (Lipinski definition) is 0. The Balaban J connectivity index is 2.70. The molecule has 23 heavy (non-hydrogen) atoms. The first kappa shape index (κ1) is 18.6. The third-order valence-corrected chi connectivity index (χ3v) is 3.82. The second-order valence-electron chi connectivity index (χ2n) is 5.64. The molecule has 0 bridgehead atoms. The number of rotatable bonds is 8. The van der Waals surface area contributed by atoms with Gasteiger partial charge in [-0.05, 0) is 66.2 Å². The molecule has 0 spiro atoms. The van der Waals surface area contributed by atoms with Gasteiger partial charge < -0.3 is 0 Å². The maximum Gasteiger partial charge on any atom is 0.116 e. The lowest BCUT2D eigenvalue weighted by Crippen LogP contribution is -1.90. The minimum atomic E-state index is -0.474. The lowest BCUT2D eigenvalue weighted by Gasteiger charge is -2.11. The summed E-state index contributed by atoms with van der Waals surface area (Å²) in [5, 5.41) is 0. The Morgan fingerprint density at radius 1 is 1.09 bits per heavy atom. The molecule has 0 aliphatic carbocycles. The van der Waals surface area contributed by atoms with Gasteiger partial charge >= 0.3 is 0 Å². The molecule has 1 heteroatoms. The van der Waals surface area contributed by atoms with Crippen molar-refractivity contribution in [3.8, 4) is 0 Å². The highest BCUT2D eigenvalue weighted by atomic mass is 19.1. The van der Waals surface area contributed by atoms with E-state index in [1.807, 2.05) is 0 Å². The van der Waals surface area contributed by atoms with E-state index >= 15 is 0 Å². The summed E-state index contributed by atoms with van der Waals surface area (Å²) in [5.74, 6) is -0.474. The Morgan fingerprint density at radius 3 is 2.35 bits per heavy atom. The number of benzene rings is 1. The first-order chi connectivity index (χ1) is 10.8. The van der Waals surface area contributed by atoms with E-state index in [9.17, 15) is 4.39 Å². The second-order valence-corrected chi connectivity index (χ2v) is 5.64. The summed E-state index contributed by atoms with van der Waals surface area (Å²) in [4.78, 5) is 0. The largest absolute Gasteiger partial charge is 0.208 e. The summed E-state index contributed by atoms with van der Waals surface area (Å²) >= 11 is 0. The van der Waals surface area contributed by atoms with E-state index in [4.69, 9.17) is 0 Å². The van der Waals surface area contributed by atoms with E-state index in [2.05, 4.69) is 58.4 Å². The molecule has 1 aromatic carbocycles. The molecule has 0 amide bonds. The molecule has 120 valence electrons. The third kappa shape index (κ3) is 6.07. The van der Waals surface area contributed by atoms with Crippen molar-refractivity contribution in [2.24, 2.45) is 0 Å². The van der Waals surface area contributed by atoms with Crippen LogP contribution in [-0.4, -0.2) is 0 Å². The number of allylic oxidation sites excluding steroid dienone is 8. The fraction of sp³-hybridized carbons (Fsp3) is 0.182. The van der Waals surface area contributed by atoms with E-state index in [1.54, 1.807) is 18.2 Å². The predicted octanol–water partition coefficient (Wildman–Crippen LogP) is 6.80. The van der Waals surface area contributed by atoms with Crippen LogP contribution < -0.4 is 0 Å². The van der Waals surface area contributed by atoms with Crippen LogP contribution in [-0.2, 0) is 0 Å². The van der Waals surface area contributed by atoms with Gasteiger partial charge in [-0.25, -0.2) is 4.39 Å². The van der Waals surface area contributed by atoms with Gasteiger partial charge in [0.1, 0.15) is 5.83 Å². The van der Waals surface area contributed by atoms with Crippen molar-refractivity contribution in [3.05, 3.63) is 102 Å².